The van der Waals surface area contributed by atoms with E-state index in [1.165, 1.54) is 5.56 Å². The van der Waals surface area contributed by atoms with Gasteiger partial charge >= 0.3 is 0 Å². The predicted molar refractivity (Wildman–Crippen MR) is 97.3 cm³/mol. The van der Waals surface area contributed by atoms with Gasteiger partial charge in [-0.3, -0.25) is 4.79 Å². The van der Waals surface area contributed by atoms with Crippen LogP contribution in [0.25, 0.3) is 10.9 Å². The number of piperazine rings is 1. The molecule has 2 N–H and O–H groups in total. The lowest BCUT2D eigenvalue weighted by Crippen LogP contribution is -3.13. The number of aromatic amines is 1. The second-order valence-corrected chi connectivity index (χ2v) is 7.26. The van der Waals surface area contributed by atoms with Crippen molar-refractivity contribution in [2.75, 3.05) is 26.2 Å². The third-order valence-electron chi connectivity index (χ3n) is 4.87. The van der Waals surface area contributed by atoms with Crippen molar-refractivity contribution in [3.63, 3.8) is 0 Å². The van der Waals surface area contributed by atoms with Gasteiger partial charge in [0, 0.05) is 22.7 Å². The molecule has 1 amide bonds. The van der Waals surface area contributed by atoms with E-state index in [0.29, 0.717) is 6.42 Å². The van der Waals surface area contributed by atoms with Crippen LogP contribution < -0.4 is 4.90 Å². The summed E-state index contributed by atoms with van der Waals surface area (Å²) < 4.78 is 0. The zero-order valence-electron chi connectivity index (χ0n) is 13.6. The van der Waals surface area contributed by atoms with Crippen LogP contribution in [0, 0.1) is 0 Å². The summed E-state index contributed by atoms with van der Waals surface area (Å²) in [5.41, 5.74) is 3.61. The maximum atomic E-state index is 12.6. The molecule has 3 heterocycles. The minimum atomic E-state index is 0.245. The molecule has 24 heavy (non-hydrogen) atoms. The fourth-order valence-electron chi connectivity index (χ4n) is 3.48. The minimum Gasteiger partial charge on any atom is -0.361 e. The van der Waals surface area contributed by atoms with Gasteiger partial charge in [-0.05, 0) is 28.5 Å². The Morgan fingerprint density at radius 3 is 2.83 bits per heavy atom. The Morgan fingerprint density at radius 2 is 2.04 bits per heavy atom. The molecule has 0 atom stereocenters. The van der Waals surface area contributed by atoms with E-state index in [1.807, 2.05) is 23.2 Å². The number of para-hydroxylation sites is 1. The number of carbonyl (C=O) groups excluding carboxylic acids is 1. The molecular weight excluding hydrogens is 318 g/mol. The molecule has 1 aromatic carbocycles. The molecule has 0 aliphatic carbocycles. The van der Waals surface area contributed by atoms with Gasteiger partial charge in [0.1, 0.15) is 6.54 Å². The number of H-pyrrole nitrogens is 1. The van der Waals surface area contributed by atoms with Crippen molar-refractivity contribution in [1.82, 2.24) is 9.88 Å². The second-order valence-electron chi connectivity index (χ2n) is 6.48. The largest absolute Gasteiger partial charge is 0.361 e. The highest BCUT2D eigenvalue weighted by Crippen LogP contribution is 2.18. The molecule has 0 spiro atoms. The molecular formula is C19H22N3OS+. The van der Waals surface area contributed by atoms with Crippen molar-refractivity contribution >= 4 is 28.1 Å². The van der Waals surface area contributed by atoms with Crippen molar-refractivity contribution < 1.29 is 9.69 Å². The normalized spacial score (nSPS) is 15.9. The van der Waals surface area contributed by atoms with E-state index >= 15 is 0 Å². The van der Waals surface area contributed by atoms with E-state index in [-0.39, 0.29) is 5.91 Å². The molecule has 3 aromatic rings. The average Bonchev–Trinajstić information content (AvgIpc) is 3.26. The van der Waals surface area contributed by atoms with E-state index in [9.17, 15) is 4.79 Å². The highest BCUT2D eigenvalue weighted by atomic mass is 32.1. The first-order valence-corrected chi connectivity index (χ1v) is 9.41. The molecule has 0 unspecified atom stereocenters. The number of aromatic nitrogens is 1. The summed E-state index contributed by atoms with van der Waals surface area (Å²) in [6, 6.07) is 10.4. The van der Waals surface area contributed by atoms with Gasteiger partial charge in [-0.2, -0.15) is 11.3 Å². The average molecular weight is 340 g/mol. The van der Waals surface area contributed by atoms with Crippen LogP contribution in [0.5, 0.6) is 0 Å². The number of carbonyl (C=O) groups is 1. The predicted octanol–water partition coefficient (Wildman–Crippen LogP) is 1.70. The zero-order valence-corrected chi connectivity index (χ0v) is 14.4. The summed E-state index contributed by atoms with van der Waals surface area (Å²) in [6.07, 6.45) is 2.46. The van der Waals surface area contributed by atoms with Crippen molar-refractivity contribution in [2.24, 2.45) is 0 Å². The number of quaternary nitrogens is 1. The highest BCUT2D eigenvalue weighted by molar-refractivity contribution is 7.07. The van der Waals surface area contributed by atoms with Crippen LogP contribution in [0.4, 0.5) is 0 Å². The molecule has 4 rings (SSSR count). The first-order valence-electron chi connectivity index (χ1n) is 8.47. The number of amides is 1. The third kappa shape index (κ3) is 3.23. The summed E-state index contributed by atoms with van der Waals surface area (Å²) in [6.45, 7) is 4.88. The lowest BCUT2D eigenvalue weighted by molar-refractivity contribution is -0.917. The first-order chi connectivity index (χ1) is 11.8. The number of thiophene rings is 1. The van der Waals surface area contributed by atoms with Gasteiger partial charge < -0.3 is 14.8 Å². The van der Waals surface area contributed by atoms with Crippen LogP contribution in [0.3, 0.4) is 0 Å². The van der Waals surface area contributed by atoms with E-state index in [4.69, 9.17) is 0 Å². The van der Waals surface area contributed by atoms with Crippen LogP contribution in [0.2, 0.25) is 0 Å². The van der Waals surface area contributed by atoms with Crippen LogP contribution in [0.15, 0.2) is 47.3 Å². The van der Waals surface area contributed by atoms with Gasteiger partial charge in [0.15, 0.2) is 0 Å². The van der Waals surface area contributed by atoms with Gasteiger partial charge in [-0.25, -0.2) is 0 Å². The molecule has 0 radical (unpaired) electrons. The first kappa shape index (κ1) is 15.4. The number of nitrogens with one attached hydrogen (secondary N) is 2. The molecule has 124 valence electrons. The number of rotatable bonds is 4. The molecule has 1 saturated heterocycles. The highest BCUT2D eigenvalue weighted by Gasteiger charge is 2.24. The van der Waals surface area contributed by atoms with Gasteiger partial charge in [0.2, 0.25) is 5.91 Å². The monoisotopic (exact) mass is 340 g/mol. The van der Waals surface area contributed by atoms with Crippen molar-refractivity contribution in [3.05, 3.63) is 58.4 Å². The molecule has 0 saturated carbocycles. The van der Waals surface area contributed by atoms with Crippen LogP contribution in [-0.2, 0) is 17.8 Å². The lowest BCUT2D eigenvalue weighted by atomic mass is 10.1. The summed E-state index contributed by atoms with van der Waals surface area (Å²) >= 11 is 1.76. The van der Waals surface area contributed by atoms with Crippen molar-refractivity contribution in [3.8, 4) is 0 Å². The van der Waals surface area contributed by atoms with E-state index in [2.05, 4.69) is 33.9 Å². The van der Waals surface area contributed by atoms with Gasteiger partial charge in [0.25, 0.3) is 0 Å². The lowest BCUT2D eigenvalue weighted by Gasteiger charge is -2.32. The van der Waals surface area contributed by atoms with Crippen LogP contribution in [-0.4, -0.2) is 42.0 Å². The smallest absolute Gasteiger partial charge is 0.227 e. The van der Waals surface area contributed by atoms with Crippen molar-refractivity contribution in [1.29, 1.82) is 0 Å². The Hall–Kier alpha value is -2.11. The molecule has 1 aliphatic heterocycles. The molecule has 1 aliphatic rings. The summed E-state index contributed by atoms with van der Waals surface area (Å²) in [5, 5.41) is 5.52. The summed E-state index contributed by atoms with van der Waals surface area (Å²) in [7, 11) is 0. The molecule has 4 nitrogen and oxygen atoms in total. The number of hydrogen-bond acceptors (Lipinski definition) is 2. The minimum absolute atomic E-state index is 0.245. The number of benzene rings is 1. The molecule has 2 aromatic heterocycles. The summed E-state index contributed by atoms with van der Waals surface area (Å²) in [4.78, 5) is 19.5. The second kappa shape index (κ2) is 6.79. The van der Waals surface area contributed by atoms with Crippen LogP contribution in [0.1, 0.15) is 11.1 Å². The SMILES string of the molecule is O=C(Cc1c[nH]c2ccccc12)N1CC[NH+](Cc2ccsc2)CC1. The van der Waals surface area contributed by atoms with E-state index < -0.39 is 0 Å². The van der Waals surface area contributed by atoms with Crippen LogP contribution >= 0.6 is 11.3 Å². The number of nitrogens with zero attached hydrogens (tertiary/aromatic N) is 1. The molecule has 5 heteroatoms. The molecule has 0 bridgehead atoms. The maximum absolute atomic E-state index is 12.6. The summed E-state index contributed by atoms with van der Waals surface area (Å²) in [5.74, 6) is 0.245. The Kier molecular flexibility index (Phi) is 4.36. The maximum Gasteiger partial charge on any atom is 0.227 e. The van der Waals surface area contributed by atoms with Crippen molar-refractivity contribution in [2.45, 2.75) is 13.0 Å². The number of hydrogen-bond donors (Lipinski definition) is 2. The standard InChI is InChI=1S/C19H21N3OS/c23-19(11-16-12-20-18-4-2-1-3-17(16)18)22-8-6-21(7-9-22)13-15-5-10-24-14-15/h1-5,10,12,14,20H,6-9,11,13H2/p+1. The third-order valence-corrected chi connectivity index (χ3v) is 5.61. The quantitative estimate of drug-likeness (QED) is 0.746. The number of fused-ring (bicyclic) bond motifs is 1. The van der Waals surface area contributed by atoms with E-state index in [1.54, 1.807) is 16.2 Å². The topological polar surface area (TPSA) is 40.5 Å². The zero-order chi connectivity index (χ0) is 16.4. The Balaban J connectivity index is 1.34. The Morgan fingerprint density at radius 1 is 1.21 bits per heavy atom. The van der Waals surface area contributed by atoms with E-state index in [0.717, 1.165) is 49.2 Å². The van der Waals surface area contributed by atoms with Gasteiger partial charge in [-0.1, -0.05) is 18.2 Å². The molecule has 1 fully saturated rings. The van der Waals surface area contributed by atoms with Gasteiger partial charge in [-0.15, -0.1) is 0 Å². The fraction of sp³-hybridized carbons (Fsp3) is 0.316. The Labute approximate surface area is 145 Å². The fourth-order valence-corrected chi connectivity index (χ4v) is 4.15. The Bertz CT molecular complexity index is 816. The van der Waals surface area contributed by atoms with Gasteiger partial charge in [0.05, 0.1) is 32.6 Å².